The van der Waals surface area contributed by atoms with E-state index < -0.39 is 0 Å². The van der Waals surface area contributed by atoms with Crippen LogP contribution in [0.1, 0.15) is 31.0 Å². The quantitative estimate of drug-likeness (QED) is 0.182. The van der Waals surface area contributed by atoms with Crippen LogP contribution < -0.4 is 0 Å². The molecule has 2 heteroatoms. The third-order valence-electron chi connectivity index (χ3n) is 10.7. The maximum Gasteiger partial charge on any atom is 0.0715 e. The van der Waals surface area contributed by atoms with Crippen LogP contribution in [0, 0.1) is 11.3 Å². The van der Waals surface area contributed by atoms with Crippen LogP contribution in [0.3, 0.4) is 0 Å². The Bertz CT molecular complexity index is 2400. The SMILES string of the molecule is CC12C=CC=CC1=CC(c1cc(-c3cc(C4=CC=CCC4)nc(-c4ccccc4)c3)cc(-c3ccc(-c4ccccc4)cn3)c1)=C1C=CC=CC12. The van der Waals surface area contributed by atoms with E-state index in [-0.39, 0.29) is 11.3 Å². The summed E-state index contributed by atoms with van der Waals surface area (Å²) in [6.45, 7) is 2.36. The number of nitrogens with zero attached hydrogens (tertiary/aromatic N) is 2. The van der Waals surface area contributed by atoms with Gasteiger partial charge in [0.2, 0.25) is 0 Å². The minimum atomic E-state index is -0.0864. The summed E-state index contributed by atoms with van der Waals surface area (Å²) in [7, 11) is 0. The standard InChI is InChI=1S/C49H38N2/c1-49-26-14-13-21-42(49)32-44(43-22-11-12-23-45(43)49)40-27-38(28-41(29-40)46-25-24-37(33-50-46)34-15-5-2-6-16-34)39-30-47(35-17-7-3-8-18-35)51-48(31-39)36-19-9-4-10-20-36/h2-9,11-19,21-33,45H,10,20H2,1H3. The highest BCUT2D eigenvalue weighted by Crippen LogP contribution is 2.52. The van der Waals surface area contributed by atoms with E-state index in [1.807, 2.05) is 12.3 Å². The van der Waals surface area contributed by atoms with Crippen molar-refractivity contribution in [1.82, 2.24) is 9.97 Å². The molecule has 0 amide bonds. The molecule has 0 saturated carbocycles. The fourth-order valence-electron chi connectivity index (χ4n) is 7.89. The van der Waals surface area contributed by atoms with Crippen LogP contribution in [0.25, 0.3) is 55.9 Å². The zero-order valence-electron chi connectivity index (χ0n) is 28.7. The maximum atomic E-state index is 5.23. The fourth-order valence-corrected chi connectivity index (χ4v) is 7.89. The molecule has 2 heterocycles. The summed E-state index contributed by atoms with van der Waals surface area (Å²) in [5.74, 6) is 0.248. The molecular formula is C49H38N2. The van der Waals surface area contributed by atoms with E-state index in [9.17, 15) is 0 Å². The second-order valence-electron chi connectivity index (χ2n) is 13.9. The molecule has 2 aromatic heterocycles. The lowest BCUT2D eigenvalue weighted by Crippen LogP contribution is -2.31. The van der Waals surface area contributed by atoms with E-state index in [2.05, 4.69) is 177 Å². The van der Waals surface area contributed by atoms with Crippen molar-refractivity contribution in [3.05, 3.63) is 205 Å². The molecule has 0 aliphatic heterocycles. The highest BCUT2D eigenvalue weighted by Gasteiger charge is 2.40. The minimum Gasteiger partial charge on any atom is -0.256 e. The third-order valence-corrected chi connectivity index (χ3v) is 10.7. The lowest BCUT2D eigenvalue weighted by Gasteiger charge is -2.42. The average Bonchev–Trinajstić information content (AvgIpc) is 3.21. The number of aromatic nitrogens is 2. The van der Waals surface area contributed by atoms with Crippen molar-refractivity contribution in [3.63, 3.8) is 0 Å². The summed E-state index contributed by atoms with van der Waals surface area (Å²) in [4.78, 5) is 10.3. The Morgan fingerprint density at radius 3 is 2.14 bits per heavy atom. The first kappa shape index (κ1) is 30.9. The van der Waals surface area contributed by atoms with E-state index >= 15 is 0 Å². The highest BCUT2D eigenvalue weighted by atomic mass is 14.7. The van der Waals surface area contributed by atoms with Gasteiger partial charge in [0, 0.05) is 34.2 Å². The smallest absolute Gasteiger partial charge is 0.0715 e. The average molecular weight is 655 g/mol. The van der Waals surface area contributed by atoms with Gasteiger partial charge in [-0.05, 0) is 99.9 Å². The number of rotatable bonds is 6. The Morgan fingerprint density at radius 1 is 0.608 bits per heavy atom. The minimum absolute atomic E-state index is 0.0864. The maximum absolute atomic E-state index is 5.23. The van der Waals surface area contributed by atoms with Crippen molar-refractivity contribution in [2.24, 2.45) is 11.3 Å². The summed E-state index contributed by atoms with van der Waals surface area (Å²) in [6, 6.07) is 36.9. The molecule has 5 aromatic rings. The molecule has 0 radical (unpaired) electrons. The first-order valence-corrected chi connectivity index (χ1v) is 17.9. The normalized spacial score (nSPS) is 20.1. The number of pyridine rings is 2. The van der Waals surface area contributed by atoms with Gasteiger partial charge >= 0.3 is 0 Å². The van der Waals surface area contributed by atoms with Gasteiger partial charge < -0.3 is 0 Å². The van der Waals surface area contributed by atoms with Crippen molar-refractivity contribution in [2.45, 2.75) is 19.8 Å². The van der Waals surface area contributed by atoms with Gasteiger partial charge in [0.15, 0.2) is 0 Å². The van der Waals surface area contributed by atoms with Crippen molar-refractivity contribution < 1.29 is 0 Å². The molecule has 0 spiro atoms. The molecular weight excluding hydrogens is 617 g/mol. The Kier molecular flexibility index (Phi) is 7.86. The van der Waals surface area contributed by atoms with Crippen LogP contribution in [0.5, 0.6) is 0 Å². The second kappa shape index (κ2) is 13.0. The zero-order chi connectivity index (χ0) is 34.2. The van der Waals surface area contributed by atoms with Gasteiger partial charge in [-0.1, -0.05) is 140 Å². The Labute approximate surface area is 300 Å². The summed E-state index contributed by atoms with van der Waals surface area (Å²) in [5.41, 5.74) is 16.0. The first-order valence-electron chi connectivity index (χ1n) is 17.9. The monoisotopic (exact) mass is 654 g/mol. The molecule has 2 atom stereocenters. The van der Waals surface area contributed by atoms with Crippen LogP contribution in [0.15, 0.2) is 193 Å². The first-order chi connectivity index (χ1) is 25.1. The largest absolute Gasteiger partial charge is 0.256 e. The van der Waals surface area contributed by atoms with Crippen LogP contribution in [0.4, 0.5) is 0 Å². The van der Waals surface area contributed by atoms with E-state index in [0.29, 0.717) is 0 Å². The van der Waals surface area contributed by atoms with Crippen molar-refractivity contribution >= 4 is 11.1 Å². The number of benzene rings is 3. The van der Waals surface area contributed by atoms with Gasteiger partial charge in [-0.25, -0.2) is 4.98 Å². The molecule has 3 aromatic carbocycles. The van der Waals surface area contributed by atoms with Crippen LogP contribution in [-0.4, -0.2) is 9.97 Å². The second-order valence-corrected chi connectivity index (χ2v) is 13.9. The molecule has 244 valence electrons. The lowest BCUT2D eigenvalue weighted by molar-refractivity contribution is 0.422. The summed E-state index contributed by atoms with van der Waals surface area (Å²) in [6.07, 6.45) is 31.1. The zero-order valence-corrected chi connectivity index (χ0v) is 28.7. The number of hydrogen-bond acceptors (Lipinski definition) is 2. The van der Waals surface area contributed by atoms with Gasteiger partial charge in [-0.2, -0.15) is 0 Å². The van der Waals surface area contributed by atoms with E-state index in [1.54, 1.807) is 0 Å². The molecule has 9 rings (SSSR count). The van der Waals surface area contributed by atoms with Crippen LogP contribution >= 0.6 is 0 Å². The van der Waals surface area contributed by atoms with Gasteiger partial charge in [0.25, 0.3) is 0 Å². The van der Waals surface area contributed by atoms with Gasteiger partial charge in [0.1, 0.15) is 0 Å². The van der Waals surface area contributed by atoms with E-state index in [4.69, 9.17) is 9.97 Å². The molecule has 0 fully saturated rings. The molecule has 4 aliphatic carbocycles. The molecule has 51 heavy (non-hydrogen) atoms. The van der Waals surface area contributed by atoms with Gasteiger partial charge in [-0.15, -0.1) is 0 Å². The molecule has 0 saturated heterocycles. The highest BCUT2D eigenvalue weighted by molar-refractivity contribution is 5.89. The molecule has 4 aliphatic rings. The van der Waals surface area contributed by atoms with Crippen molar-refractivity contribution in [3.8, 4) is 44.8 Å². The Balaban J connectivity index is 1.25. The Morgan fingerprint density at radius 2 is 1.35 bits per heavy atom. The number of hydrogen-bond donors (Lipinski definition) is 0. The van der Waals surface area contributed by atoms with Crippen LogP contribution in [-0.2, 0) is 0 Å². The summed E-state index contributed by atoms with van der Waals surface area (Å²) < 4.78 is 0. The third kappa shape index (κ3) is 5.83. The van der Waals surface area contributed by atoms with Gasteiger partial charge in [-0.3, -0.25) is 4.98 Å². The number of fused-ring (bicyclic) bond motifs is 3. The predicted molar refractivity (Wildman–Crippen MR) is 213 cm³/mol. The molecule has 0 bridgehead atoms. The molecule has 2 unspecified atom stereocenters. The van der Waals surface area contributed by atoms with E-state index in [1.165, 1.54) is 27.9 Å². The van der Waals surface area contributed by atoms with E-state index in [0.717, 1.165) is 63.3 Å². The van der Waals surface area contributed by atoms with Crippen molar-refractivity contribution in [2.75, 3.05) is 0 Å². The van der Waals surface area contributed by atoms with Crippen molar-refractivity contribution in [1.29, 1.82) is 0 Å². The summed E-state index contributed by atoms with van der Waals surface area (Å²) in [5, 5.41) is 0. The topological polar surface area (TPSA) is 25.8 Å². The predicted octanol–water partition coefficient (Wildman–Crippen LogP) is 12.4. The molecule has 0 N–H and O–H groups in total. The lowest BCUT2D eigenvalue weighted by atomic mass is 9.61. The number of allylic oxidation sites excluding steroid dienone is 16. The molecule has 2 nitrogen and oxygen atoms in total. The fraction of sp³-hybridized carbons (Fsp3) is 0.102. The Hall–Kier alpha value is -6.12. The van der Waals surface area contributed by atoms with Crippen LogP contribution in [0.2, 0.25) is 0 Å². The summed E-state index contributed by atoms with van der Waals surface area (Å²) >= 11 is 0. The van der Waals surface area contributed by atoms with Gasteiger partial charge in [0.05, 0.1) is 17.1 Å².